The molecule has 0 amide bonds. The zero-order valence-corrected chi connectivity index (χ0v) is 11.4. The Kier molecular flexibility index (Phi) is 6.94. The standard InChI is InChI=1S/C15H25NO2/c1-3-15(18)12-16(13(2)9-10-17)11-14-7-5-4-6-8-14/h4-8,13,15,17-18H,3,9-12H2,1-2H3/t13?,15-/m1/s1. The molecular formula is C15H25NO2. The fourth-order valence-corrected chi connectivity index (χ4v) is 1.99. The minimum atomic E-state index is -0.296. The SMILES string of the molecule is CC[C@@H](O)CN(Cc1ccccc1)C(C)CCO. The van der Waals surface area contributed by atoms with Gasteiger partial charge in [0.05, 0.1) is 6.10 Å². The lowest BCUT2D eigenvalue weighted by Crippen LogP contribution is -2.38. The highest BCUT2D eigenvalue weighted by molar-refractivity contribution is 5.14. The first-order valence-electron chi connectivity index (χ1n) is 6.74. The topological polar surface area (TPSA) is 43.7 Å². The molecule has 3 heteroatoms. The Morgan fingerprint density at radius 3 is 2.44 bits per heavy atom. The Morgan fingerprint density at radius 2 is 1.89 bits per heavy atom. The van der Waals surface area contributed by atoms with E-state index < -0.39 is 0 Å². The van der Waals surface area contributed by atoms with Crippen molar-refractivity contribution in [2.75, 3.05) is 13.2 Å². The molecule has 3 nitrogen and oxygen atoms in total. The predicted octanol–water partition coefficient (Wildman–Crippen LogP) is 2.03. The highest BCUT2D eigenvalue weighted by Crippen LogP contribution is 2.12. The van der Waals surface area contributed by atoms with Gasteiger partial charge in [-0.05, 0) is 25.3 Å². The van der Waals surface area contributed by atoms with Gasteiger partial charge in [-0.15, -0.1) is 0 Å². The van der Waals surface area contributed by atoms with E-state index in [1.165, 1.54) is 5.56 Å². The van der Waals surface area contributed by atoms with Gasteiger partial charge in [-0.25, -0.2) is 0 Å². The van der Waals surface area contributed by atoms with Crippen molar-refractivity contribution >= 4 is 0 Å². The Balaban J connectivity index is 2.64. The number of hydrogen-bond acceptors (Lipinski definition) is 3. The van der Waals surface area contributed by atoms with Gasteiger partial charge in [-0.3, -0.25) is 4.90 Å². The second-order valence-electron chi connectivity index (χ2n) is 4.84. The van der Waals surface area contributed by atoms with Gasteiger partial charge in [-0.2, -0.15) is 0 Å². The molecule has 2 N–H and O–H groups in total. The maximum Gasteiger partial charge on any atom is 0.0664 e. The van der Waals surface area contributed by atoms with E-state index in [2.05, 4.69) is 24.0 Å². The van der Waals surface area contributed by atoms with Crippen LogP contribution in [0.1, 0.15) is 32.3 Å². The van der Waals surface area contributed by atoms with Crippen LogP contribution in [0.4, 0.5) is 0 Å². The number of rotatable bonds is 8. The van der Waals surface area contributed by atoms with E-state index in [4.69, 9.17) is 5.11 Å². The van der Waals surface area contributed by atoms with Gasteiger partial charge in [0.1, 0.15) is 0 Å². The average Bonchev–Trinajstić information content (AvgIpc) is 2.39. The van der Waals surface area contributed by atoms with Crippen molar-refractivity contribution < 1.29 is 10.2 Å². The molecule has 1 aromatic carbocycles. The highest BCUT2D eigenvalue weighted by atomic mass is 16.3. The number of benzene rings is 1. The maximum atomic E-state index is 9.82. The summed E-state index contributed by atoms with van der Waals surface area (Å²) in [4.78, 5) is 2.24. The summed E-state index contributed by atoms with van der Waals surface area (Å²) < 4.78 is 0. The second-order valence-corrected chi connectivity index (χ2v) is 4.84. The number of nitrogens with zero attached hydrogens (tertiary/aromatic N) is 1. The number of aliphatic hydroxyl groups excluding tert-OH is 2. The predicted molar refractivity (Wildman–Crippen MR) is 74.3 cm³/mol. The lowest BCUT2D eigenvalue weighted by Gasteiger charge is -2.30. The minimum Gasteiger partial charge on any atom is -0.396 e. The first kappa shape index (κ1) is 15.2. The van der Waals surface area contributed by atoms with Crippen LogP contribution in [0.25, 0.3) is 0 Å². The molecule has 0 aromatic heterocycles. The van der Waals surface area contributed by atoms with Crippen molar-refractivity contribution in [2.45, 2.75) is 45.4 Å². The summed E-state index contributed by atoms with van der Waals surface area (Å²) in [6.45, 7) is 5.75. The van der Waals surface area contributed by atoms with Gasteiger partial charge < -0.3 is 10.2 Å². The molecule has 18 heavy (non-hydrogen) atoms. The van der Waals surface area contributed by atoms with E-state index >= 15 is 0 Å². The second kappa shape index (κ2) is 8.25. The summed E-state index contributed by atoms with van der Waals surface area (Å²) in [6, 6.07) is 10.5. The molecule has 0 bridgehead atoms. The Bertz CT molecular complexity index is 316. The molecule has 1 rings (SSSR count). The summed E-state index contributed by atoms with van der Waals surface area (Å²) in [5.41, 5.74) is 1.24. The molecule has 0 heterocycles. The molecule has 0 saturated carbocycles. The normalized spacial score (nSPS) is 14.7. The number of hydrogen-bond donors (Lipinski definition) is 2. The highest BCUT2D eigenvalue weighted by Gasteiger charge is 2.16. The number of aliphatic hydroxyl groups is 2. The fraction of sp³-hybridized carbons (Fsp3) is 0.600. The van der Waals surface area contributed by atoms with Crippen LogP contribution in [0.15, 0.2) is 30.3 Å². The van der Waals surface area contributed by atoms with E-state index in [9.17, 15) is 5.11 Å². The smallest absolute Gasteiger partial charge is 0.0664 e. The van der Waals surface area contributed by atoms with Gasteiger partial charge in [0.2, 0.25) is 0 Å². The first-order chi connectivity index (χ1) is 8.67. The van der Waals surface area contributed by atoms with Crippen LogP contribution in [0.2, 0.25) is 0 Å². The van der Waals surface area contributed by atoms with Crippen molar-refractivity contribution in [3.05, 3.63) is 35.9 Å². The van der Waals surface area contributed by atoms with Crippen LogP contribution >= 0.6 is 0 Å². The van der Waals surface area contributed by atoms with E-state index in [1.807, 2.05) is 25.1 Å². The summed E-state index contributed by atoms with van der Waals surface area (Å²) in [5, 5.41) is 18.9. The summed E-state index contributed by atoms with van der Waals surface area (Å²) in [6.07, 6.45) is 1.20. The van der Waals surface area contributed by atoms with Crippen LogP contribution in [0, 0.1) is 0 Å². The lowest BCUT2D eigenvalue weighted by atomic mass is 10.1. The van der Waals surface area contributed by atoms with Gasteiger partial charge >= 0.3 is 0 Å². The third-order valence-corrected chi connectivity index (χ3v) is 3.32. The largest absolute Gasteiger partial charge is 0.396 e. The molecule has 102 valence electrons. The van der Waals surface area contributed by atoms with Crippen molar-refractivity contribution in [3.63, 3.8) is 0 Å². The first-order valence-corrected chi connectivity index (χ1v) is 6.74. The van der Waals surface area contributed by atoms with Crippen LogP contribution < -0.4 is 0 Å². The molecule has 2 atom stereocenters. The zero-order valence-electron chi connectivity index (χ0n) is 11.4. The summed E-state index contributed by atoms with van der Waals surface area (Å²) in [7, 11) is 0. The third-order valence-electron chi connectivity index (χ3n) is 3.32. The quantitative estimate of drug-likeness (QED) is 0.743. The van der Waals surface area contributed by atoms with E-state index in [0.29, 0.717) is 6.54 Å². The lowest BCUT2D eigenvalue weighted by molar-refractivity contribution is 0.0747. The van der Waals surface area contributed by atoms with Crippen molar-refractivity contribution in [3.8, 4) is 0 Å². The van der Waals surface area contributed by atoms with Crippen LogP contribution in [-0.2, 0) is 6.54 Å². The molecule has 0 aliphatic carbocycles. The Labute approximate surface area is 110 Å². The van der Waals surface area contributed by atoms with E-state index in [1.54, 1.807) is 0 Å². The van der Waals surface area contributed by atoms with Gasteiger partial charge in [0.25, 0.3) is 0 Å². The molecule has 1 aromatic rings. The third kappa shape index (κ3) is 5.17. The van der Waals surface area contributed by atoms with Crippen LogP contribution in [0.5, 0.6) is 0 Å². The van der Waals surface area contributed by atoms with Crippen molar-refractivity contribution in [2.24, 2.45) is 0 Å². The fourth-order valence-electron chi connectivity index (χ4n) is 1.99. The zero-order chi connectivity index (χ0) is 13.4. The Hall–Kier alpha value is -0.900. The summed E-state index contributed by atoms with van der Waals surface area (Å²) >= 11 is 0. The Morgan fingerprint density at radius 1 is 1.22 bits per heavy atom. The van der Waals surface area contributed by atoms with Crippen molar-refractivity contribution in [1.29, 1.82) is 0 Å². The molecule has 0 spiro atoms. The molecule has 0 radical (unpaired) electrons. The monoisotopic (exact) mass is 251 g/mol. The molecule has 0 saturated heterocycles. The molecule has 0 aliphatic heterocycles. The molecule has 1 unspecified atom stereocenters. The van der Waals surface area contributed by atoms with Gasteiger partial charge in [-0.1, -0.05) is 37.3 Å². The van der Waals surface area contributed by atoms with Crippen molar-refractivity contribution in [1.82, 2.24) is 4.90 Å². The molecule has 0 aliphatic rings. The maximum absolute atomic E-state index is 9.82. The minimum absolute atomic E-state index is 0.189. The van der Waals surface area contributed by atoms with Gasteiger partial charge in [0, 0.05) is 25.7 Å². The average molecular weight is 251 g/mol. The molecular weight excluding hydrogens is 226 g/mol. The summed E-state index contributed by atoms with van der Waals surface area (Å²) in [5.74, 6) is 0. The van der Waals surface area contributed by atoms with Gasteiger partial charge in [0.15, 0.2) is 0 Å². The van der Waals surface area contributed by atoms with Crippen LogP contribution in [-0.4, -0.2) is 40.4 Å². The van der Waals surface area contributed by atoms with Crippen LogP contribution in [0.3, 0.4) is 0 Å². The van der Waals surface area contributed by atoms with E-state index in [0.717, 1.165) is 19.4 Å². The van der Waals surface area contributed by atoms with E-state index in [-0.39, 0.29) is 18.8 Å². The molecule has 0 fully saturated rings.